The number of nitrogens with two attached hydrogens (primary N) is 1. The van der Waals surface area contributed by atoms with E-state index in [0.29, 0.717) is 18.1 Å². The van der Waals surface area contributed by atoms with Crippen molar-refractivity contribution in [3.8, 4) is 5.75 Å². The van der Waals surface area contributed by atoms with E-state index in [-0.39, 0.29) is 6.10 Å². The zero-order chi connectivity index (χ0) is 14.1. The van der Waals surface area contributed by atoms with Gasteiger partial charge in [0.1, 0.15) is 5.75 Å². The third-order valence-corrected chi connectivity index (χ3v) is 4.58. The molecule has 20 heavy (non-hydrogen) atoms. The molecule has 0 aromatic heterocycles. The predicted molar refractivity (Wildman–Crippen MR) is 81.8 cm³/mol. The first-order valence-corrected chi connectivity index (χ1v) is 7.88. The molecule has 1 aromatic rings. The van der Waals surface area contributed by atoms with Crippen LogP contribution in [0.2, 0.25) is 0 Å². The average molecular weight is 274 g/mol. The molecule has 0 aliphatic carbocycles. The Labute approximate surface area is 122 Å². The first-order chi connectivity index (χ1) is 9.61. The van der Waals surface area contributed by atoms with E-state index >= 15 is 0 Å². The van der Waals surface area contributed by atoms with Crippen LogP contribution in [0.25, 0.3) is 0 Å². The fourth-order valence-electron chi connectivity index (χ4n) is 3.73. The smallest absolute Gasteiger partial charge is 0.119 e. The van der Waals surface area contributed by atoms with Gasteiger partial charge in [0, 0.05) is 24.7 Å². The first kappa shape index (κ1) is 13.9. The molecule has 3 heteroatoms. The van der Waals surface area contributed by atoms with E-state index in [1.807, 2.05) is 0 Å². The normalized spacial score (nSPS) is 29.9. The van der Waals surface area contributed by atoms with Gasteiger partial charge in [-0.2, -0.15) is 0 Å². The summed E-state index contributed by atoms with van der Waals surface area (Å²) < 4.78 is 5.70. The Morgan fingerprint density at radius 3 is 2.30 bits per heavy atom. The van der Waals surface area contributed by atoms with Gasteiger partial charge >= 0.3 is 0 Å². The molecular weight excluding hydrogens is 248 g/mol. The van der Waals surface area contributed by atoms with Crippen LogP contribution in [0.4, 0.5) is 0 Å². The number of benzene rings is 1. The predicted octanol–water partition coefficient (Wildman–Crippen LogP) is 2.93. The maximum Gasteiger partial charge on any atom is 0.119 e. The van der Waals surface area contributed by atoms with Gasteiger partial charge in [0.25, 0.3) is 0 Å². The van der Waals surface area contributed by atoms with Crippen molar-refractivity contribution in [2.45, 2.75) is 70.3 Å². The summed E-state index contributed by atoms with van der Waals surface area (Å²) in [6.07, 6.45) is 5.23. The number of hydrogen-bond acceptors (Lipinski definition) is 3. The molecule has 1 aromatic carbocycles. The Morgan fingerprint density at radius 2 is 1.75 bits per heavy atom. The number of piperidine rings is 1. The minimum absolute atomic E-state index is 0.236. The Hall–Kier alpha value is -1.06. The molecular formula is C17H26N2O. The molecule has 0 spiro atoms. The summed E-state index contributed by atoms with van der Waals surface area (Å²) in [4.78, 5) is 2.67. The second-order valence-electron chi connectivity index (χ2n) is 6.60. The lowest BCUT2D eigenvalue weighted by molar-refractivity contribution is 0.120. The van der Waals surface area contributed by atoms with Gasteiger partial charge in [-0.1, -0.05) is 12.1 Å². The van der Waals surface area contributed by atoms with Crippen molar-refractivity contribution >= 4 is 0 Å². The molecule has 2 N–H and O–H groups in total. The van der Waals surface area contributed by atoms with Crippen molar-refractivity contribution in [1.29, 1.82) is 0 Å². The number of ether oxygens (including phenoxy) is 1. The molecule has 3 nitrogen and oxygen atoms in total. The zero-order valence-corrected chi connectivity index (χ0v) is 12.6. The number of fused-ring (bicyclic) bond motifs is 2. The van der Waals surface area contributed by atoms with E-state index in [9.17, 15) is 0 Å². The first-order valence-electron chi connectivity index (χ1n) is 7.88. The van der Waals surface area contributed by atoms with Crippen molar-refractivity contribution in [3.05, 3.63) is 29.8 Å². The third-order valence-electron chi connectivity index (χ3n) is 4.58. The lowest BCUT2D eigenvalue weighted by atomic mass is 9.97. The molecule has 2 unspecified atom stereocenters. The summed E-state index contributed by atoms with van der Waals surface area (Å²) in [5.74, 6) is 0.965. The van der Waals surface area contributed by atoms with Crippen molar-refractivity contribution in [1.82, 2.24) is 4.90 Å². The minimum atomic E-state index is 0.236. The Morgan fingerprint density at radius 1 is 1.15 bits per heavy atom. The van der Waals surface area contributed by atoms with E-state index in [4.69, 9.17) is 10.5 Å². The van der Waals surface area contributed by atoms with E-state index in [1.165, 1.54) is 31.2 Å². The van der Waals surface area contributed by atoms with Crippen LogP contribution in [0.5, 0.6) is 5.75 Å². The molecule has 2 heterocycles. The summed E-state index contributed by atoms with van der Waals surface area (Å²) in [6, 6.07) is 10.4. The summed E-state index contributed by atoms with van der Waals surface area (Å²) in [5, 5.41) is 0. The Kier molecular flexibility index (Phi) is 3.99. The van der Waals surface area contributed by atoms with Crippen LogP contribution >= 0.6 is 0 Å². The molecule has 0 amide bonds. The Balaban J connectivity index is 1.63. The van der Waals surface area contributed by atoms with E-state index < -0.39 is 0 Å². The topological polar surface area (TPSA) is 38.5 Å². The van der Waals surface area contributed by atoms with Gasteiger partial charge < -0.3 is 10.5 Å². The molecule has 2 fully saturated rings. The second-order valence-corrected chi connectivity index (χ2v) is 6.60. The molecule has 2 aliphatic heterocycles. The van der Waals surface area contributed by atoms with Crippen LogP contribution in [0.3, 0.4) is 0 Å². The highest BCUT2D eigenvalue weighted by atomic mass is 16.5. The number of hydrogen-bond donors (Lipinski definition) is 1. The quantitative estimate of drug-likeness (QED) is 0.917. The molecule has 2 aliphatic rings. The van der Waals surface area contributed by atoms with Crippen LogP contribution < -0.4 is 10.5 Å². The van der Waals surface area contributed by atoms with E-state index in [0.717, 1.165) is 12.3 Å². The lowest BCUT2D eigenvalue weighted by Gasteiger charge is -2.37. The van der Waals surface area contributed by atoms with Crippen molar-refractivity contribution in [2.24, 2.45) is 5.73 Å². The summed E-state index contributed by atoms with van der Waals surface area (Å²) in [7, 11) is 0. The SMILES string of the molecule is CC(C)Oc1ccc(CN2C3CCC2CC(N)C3)cc1. The average Bonchev–Trinajstić information content (AvgIpc) is 2.64. The summed E-state index contributed by atoms with van der Waals surface area (Å²) in [5.41, 5.74) is 7.52. The zero-order valence-electron chi connectivity index (χ0n) is 12.6. The van der Waals surface area contributed by atoms with Crippen molar-refractivity contribution < 1.29 is 4.74 Å². The van der Waals surface area contributed by atoms with Crippen LogP contribution in [0.1, 0.15) is 45.1 Å². The highest BCUT2D eigenvalue weighted by Gasteiger charge is 2.39. The minimum Gasteiger partial charge on any atom is -0.491 e. The van der Waals surface area contributed by atoms with Gasteiger partial charge in [-0.3, -0.25) is 4.90 Å². The van der Waals surface area contributed by atoms with Crippen LogP contribution in [-0.2, 0) is 6.54 Å². The van der Waals surface area contributed by atoms with Crippen LogP contribution in [-0.4, -0.2) is 29.1 Å². The maximum atomic E-state index is 6.13. The highest BCUT2D eigenvalue weighted by Crippen LogP contribution is 2.36. The standard InChI is InChI=1S/C17H26N2O/c1-12(2)20-17-7-3-13(4-8-17)11-19-15-5-6-16(19)10-14(18)9-15/h3-4,7-8,12,14-16H,5-6,9-11,18H2,1-2H3. The van der Waals surface area contributed by atoms with E-state index in [2.05, 4.69) is 43.0 Å². The van der Waals surface area contributed by atoms with E-state index in [1.54, 1.807) is 0 Å². The maximum absolute atomic E-state index is 6.13. The lowest BCUT2D eigenvalue weighted by Crippen LogP contribution is -2.46. The monoisotopic (exact) mass is 274 g/mol. The molecule has 2 atom stereocenters. The van der Waals surface area contributed by atoms with Gasteiger partial charge in [-0.15, -0.1) is 0 Å². The van der Waals surface area contributed by atoms with Crippen LogP contribution in [0.15, 0.2) is 24.3 Å². The van der Waals surface area contributed by atoms with Crippen molar-refractivity contribution in [3.63, 3.8) is 0 Å². The molecule has 2 bridgehead atoms. The molecule has 3 rings (SSSR count). The van der Waals surface area contributed by atoms with Gasteiger partial charge in [0.15, 0.2) is 0 Å². The fourth-order valence-corrected chi connectivity index (χ4v) is 3.73. The molecule has 110 valence electrons. The van der Waals surface area contributed by atoms with Gasteiger partial charge in [0.2, 0.25) is 0 Å². The molecule has 0 saturated carbocycles. The number of rotatable bonds is 4. The van der Waals surface area contributed by atoms with Crippen molar-refractivity contribution in [2.75, 3.05) is 0 Å². The number of nitrogens with zero attached hydrogens (tertiary/aromatic N) is 1. The van der Waals surface area contributed by atoms with Gasteiger partial charge in [0.05, 0.1) is 6.10 Å². The third kappa shape index (κ3) is 2.99. The fraction of sp³-hybridized carbons (Fsp3) is 0.647. The van der Waals surface area contributed by atoms with Gasteiger partial charge in [-0.25, -0.2) is 0 Å². The highest BCUT2D eigenvalue weighted by molar-refractivity contribution is 5.27. The molecule has 0 radical (unpaired) electrons. The van der Waals surface area contributed by atoms with Crippen LogP contribution in [0, 0.1) is 0 Å². The summed E-state index contributed by atoms with van der Waals surface area (Å²) >= 11 is 0. The second kappa shape index (κ2) is 5.74. The largest absolute Gasteiger partial charge is 0.491 e. The Bertz CT molecular complexity index is 429. The van der Waals surface area contributed by atoms with Gasteiger partial charge in [-0.05, 0) is 57.2 Å². The summed E-state index contributed by atoms with van der Waals surface area (Å²) in [6.45, 7) is 5.18. The molecule has 2 saturated heterocycles.